The molecule has 2 aromatic carbocycles. The molecule has 262 valence electrons. The Morgan fingerprint density at radius 3 is 1.87 bits per heavy atom. The number of sulfonamides is 1. The number of hydrogen-bond donors (Lipinski definition) is 1. The second-order valence-corrected chi connectivity index (χ2v) is 15.0. The highest BCUT2D eigenvalue weighted by Crippen LogP contribution is 2.54. The van der Waals surface area contributed by atoms with Crippen LogP contribution in [0.25, 0.3) is 11.1 Å². The van der Waals surface area contributed by atoms with Gasteiger partial charge in [0.05, 0.1) is 5.75 Å². The minimum absolute atomic E-state index is 0.0994. The molecule has 2 aromatic rings. The zero-order chi connectivity index (χ0) is 36.2. The van der Waals surface area contributed by atoms with Crippen LogP contribution in [0.1, 0.15) is 59.9 Å². The van der Waals surface area contributed by atoms with E-state index in [1.807, 2.05) is 0 Å². The van der Waals surface area contributed by atoms with Crippen LogP contribution in [0.3, 0.4) is 0 Å². The number of alkyl carbamates (subject to hydrolysis) is 1. The quantitative estimate of drug-likeness (QED) is 0.149. The predicted molar refractivity (Wildman–Crippen MR) is 166 cm³/mol. The zero-order valence-electron chi connectivity index (χ0n) is 26.1. The number of carbonyl (C=O) groups excluding carboxylic acids is 2. The summed E-state index contributed by atoms with van der Waals surface area (Å²) in [6.07, 6.45) is -15.1. The molecule has 0 bridgehead atoms. The van der Waals surface area contributed by atoms with E-state index in [4.69, 9.17) is 32.7 Å². The van der Waals surface area contributed by atoms with Gasteiger partial charge in [-0.25, -0.2) is 18.0 Å². The maximum absolute atomic E-state index is 14.4. The third-order valence-corrected chi connectivity index (χ3v) is 8.02. The van der Waals surface area contributed by atoms with Gasteiger partial charge in [-0.1, -0.05) is 53.5 Å². The van der Waals surface area contributed by atoms with Crippen LogP contribution >= 0.6 is 23.2 Å². The number of nitrogens with zero attached hydrogens (tertiary/aromatic N) is 1. The summed E-state index contributed by atoms with van der Waals surface area (Å²) in [5.41, 5.74) is -7.39. The van der Waals surface area contributed by atoms with E-state index in [1.165, 1.54) is 59.7 Å². The molecule has 1 atom stereocenters. The lowest BCUT2D eigenvalue weighted by atomic mass is 9.76. The van der Waals surface area contributed by atoms with Crippen molar-refractivity contribution in [3.63, 3.8) is 0 Å². The van der Waals surface area contributed by atoms with Gasteiger partial charge in [0.15, 0.2) is 5.41 Å². The van der Waals surface area contributed by atoms with Gasteiger partial charge in [-0.15, -0.1) is 0 Å². The summed E-state index contributed by atoms with van der Waals surface area (Å²) in [5, 5.41) is 2.54. The molecule has 0 aromatic heterocycles. The van der Waals surface area contributed by atoms with Crippen molar-refractivity contribution in [1.82, 2.24) is 5.32 Å². The van der Waals surface area contributed by atoms with E-state index in [0.29, 0.717) is 18.3 Å². The number of benzene rings is 2. The fourth-order valence-electron chi connectivity index (χ4n) is 4.21. The van der Waals surface area contributed by atoms with Crippen molar-refractivity contribution in [2.45, 2.75) is 89.4 Å². The first kappa shape index (κ1) is 40.1. The fourth-order valence-corrected chi connectivity index (χ4v) is 5.71. The molecule has 0 aliphatic heterocycles. The number of halogens is 8. The van der Waals surface area contributed by atoms with Crippen molar-refractivity contribution in [3.05, 3.63) is 58.1 Å². The lowest BCUT2D eigenvalue weighted by Gasteiger charge is -2.37. The Labute approximate surface area is 278 Å². The topological polar surface area (TPSA) is 111 Å². The van der Waals surface area contributed by atoms with Crippen LogP contribution in [0.2, 0.25) is 10.0 Å². The molecule has 1 amide bonds. The van der Waals surface area contributed by atoms with E-state index in [0.717, 1.165) is 12.1 Å². The molecule has 0 saturated carbocycles. The van der Waals surface area contributed by atoms with Crippen molar-refractivity contribution in [2.24, 2.45) is 4.40 Å². The van der Waals surface area contributed by atoms with Crippen LogP contribution in [0, 0.1) is 0 Å². The number of carbonyl (C=O) groups is 2. The lowest BCUT2D eigenvalue weighted by molar-refractivity contribution is -0.304. The van der Waals surface area contributed by atoms with Crippen molar-refractivity contribution in [1.29, 1.82) is 0 Å². The minimum atomic E-state index is -5.98. The molecule has 0 aliphatic carbocycles. The van der Waals surface area contributed by atoms with E-state index in [2.05, 4.69) is 9.71 Å². The summed E-state index contributed by atoms with van der Waals surface area (Å²) in [7, 11) is -4.97. The maximum Gasteiger partial charge on any atom is 0.408 e. The number of amides is 1. The van der Waals surface area contributed by atoms with Crippen LogP contribution in [0.4, 0.5) is 31.1 Å². The van der Waals surface area contributed by atoms with Crippen LogP contribution in [-0.2, 0) is 29.7 Å². The number of ether oxygens (including phenoxy) is 2. The molecule has 0 fully saturated rings. The number of rotatable bonds is 10. The van der Waals surface area contributed by atoms with E-state index < -0.39 is 81.3 Å². The minimum Gasteiger partial charge on any atom is -0.458 e. The Kier molecular flexibility index (Phi) is 12.5. The van der Waals surface area contributed by atoms with Gasteiger partial charge in [0, 0.05) is 28.2 Å². The summed E-state index contributed by atoms with van der Waals surface area (Å²) >= 11 is 12.0. The highest BCUT2D eigenvalue weighted by molar-refractivity contribution is 7.90. The molecular weight excluding hydrogens is 701 g/mol. The molecule has 17 heteroatoms. The van der Waals surface area contributed by atoms with Crippen molar-refractivity contribution < 1.29 is 53.8 Å². The number of hydrogen-bond acceptors (Lipinski definition) is 6. The van der Waals surface area contributed by atoms with Gasteiger partial charge in [0.1, 0.15) is 17.2 Å². The zero-order valence-corrected chi connectivity index (χ0v) is 28.5. The highest BCUT2D eigenvalue weighted by Gasteiger charge is 2.71. The highest BCUT2D eigenvalue weighted by atomic mass is 35.5. The molecule has 0 heterocycles. The predicted octanol–water partition coefficient (Wildman–Crippen LogP) is 8.44. The van der Waals surface area contributed by atoms with E-state index in [-0.39, 0.29) is 21.2 Å². The molecule has 8 nitrogen and oxygen atoms in total. The Morgan fingerprint density at radius 2 is 1.40 bits per heavy atom. The normalized spacial score (nSPS) is 14.2. The van der Waals surface area contributed by atoms with Crippen molar-refractivity contribution >= 4 is 51.5 Å². The van der Waals surface area contributed by atoms with Gasteiger partial charge in [0.2, 0.25) is 0 Å². The smallest absolute Gasteiger partial charge is 0.408 e. The van der Waals surface area contributed by atoms with Crippen LogP contribution in [0.5, 0.6) is 0 Å². The summed E-state index contributed by atoms with van der Waals surface area (Å²) in [5.74, 6) is -2.70. The second kappa shape index (κ2) is 14.6. The van der Waals surface area contributed by atoms with Gasteiger partial charge in [-0.3, -0.25) is 0 Å². The van der Waals surface area contributed by atoms with Crippen LogP contribution < -0.4 is 5.32 Å². The summed E-state index contributed by atoms with van der Waals surface area (Å²) in [6.45, 7) is 9.16. The largest absolute Gasteiger partial charge is 0.458 e. The Morgan fingerprint density at radius 1 is 0.872 bits per heavy atom. The van der Waals surface area contributed by atoms with Gasteiger partial charge in [-0.2, -0.15) is 30.7 Å². The third-order valence-electron chi connectivity index (χ3n) is 6.28. The summed E-state index contributed by atoms with van der Waals surface area (Å²) < 4.78 is 125. The summed E-state index contributed by atoms with van der Waals surface area (Å²) in [6, 6.07) is 5.85. The molecular formula is C30H34Cl2F6N2O6S. The van der Waals surface area contributed by atoms with E-state index in [9.17, 15) is 44.3 Å². The van der Waals surface area contributed by atoms with E-state index in [1.54, 1.807) is 0 Å². The van der Waals surface area contributed by atoms with Gasteiger partial charge in [-0.05, 0) is 71.2 Å². The monoisotopic (exact) mass is 734 g/mol. The number of esters is 1. The molecule has 0 radical (unpaired) electrons. The van der Waals surface area contributed by atoms with Gasteiger partial charge in [0.25, 0.3) is 10.0 Å². The van der Waals surface area contributed by atoms with Crippen molar-refractivity contribution in [3.8, 4) is 11.1 Å². The molecule has 0 aliphatic rings. The molecule has 0 saturated heterocycles. The first-order valence-electron chi connectivity index (χ1n) is 13.9. The summed E-state index contributed by atoms with van der Waals surface area (Å²) in [4.78, 5) is 24.9. The molecule has 1 N–H and O–H groups in total. The van der Waals surface area contributed by atoms with E-state index >= 15 is 0 Å². The fraction of sp³-hybridized carbons (Fsp3) is 0.500. The van der Waals surface area contributed by atoms with Crippen molar-refractivity contribution in [2.75, 3.05) is 5.75 Å². The first-order chi connectivity index (χ1) is 21.2. The SMILES string of the molecule is CC(C)(C)OC(=O)N[C@@H](CC=NS(=O)(=O)CCC(c1ccc(-c2ccc(Cl)cc2Cl)cc1)(C(F)(F)F)C(F)(F)F)C(=O)OC(C)(C)C. The van der Waals surface area contributed by atoms with Crippen LogP contribution in [0.15, 0.2) is 46.9 Å². The first-order valence-corrected chi connectivity index (χ1v) is 16.2. The average molecular weight is 736 g/mol. The number of nitrogens with one attached hydrogen (secondary N) is 1. The average Bonchev–Trinajstić information content (AvgIpc) is 2.85. The standard InChI is InChI=1S/C30H34Cl2F6N2O6S/c1-26(2,3)45-24(41)23(40-25(42)46-27(4,5)6)13-15-39-47(43,44)16-14-28(29(33,34)35,30(36,37)38)19-9-7-18(8-10-19)21-12-11-20(31)17-22(21)32/h7-12,15,17,23H,13-14,16H2,1-6H3,(H,40,42)/t23-/m0/s1. The Bertz CT molecular complexity index is 1550. The maximum atomic E-state index is 14.4. The van der Waals surface area contributed by atoms with Gasteiger partial charge >= 0.3 is 24.4 Å². The Balaban J connectivity index is 2.39. The molecule has 0 unspecified atom stereocenters. The second-order valence-electron chi connectivity index (χ2n) is 12.4. The molecule has 47 heavy (non-hydrogen) atoms. The third kappa shape index (κ3) is 11.3. The van der Waals surface area contributed by atoms with Gasteiger partial charge < -0.3 is 14.8 Å². The molecule has 0 spiro atoms. The molecule has 2 rings (SSSR count). The number of alkyl halides is 6. The Hall–Kier alpha value is -3.04. The lowest BCUT2D eigenvalue weighted by Crippen LogP contribution is -2.54. The van der Waals surface area contributed by atoms with Crippen LogP contribution in [-0.4, -0.2) is 62.0 Å².